The van der Waals surface area contributed by atoms with Gasteiger partial charge in [-0.1, -0.05) is 31.5 Å². The van der Waals surface area contributed by atoms with Crippen LogP contribution in [0.3, 0.4) is 0 Å². The van der Waals surface area contributed by atoms with Gasteiger partial charge in [0, 0.05) is 30.1 Å². The summed E-state index contributed by atoms with van der Waals surface area (Å²) < 4.78 is 12.9. The number of rotatable bonds is 8. The standard InChI is InChI=1S/C25H31N5O3S/c1-16-8-5-6-10-21(16)30-23(18-9-7-13-26-15-18)28-29-25(30)34-17(2)24(31)27-20-14-19(32-3)11-12-22(20)33-4/h7,9,11-17,21H,5-6,8,10H2,1-4H3,(H,27,31). The number of thioether (sulfide) groups is 1. The first-order valence-electron chi connectivity index (χ1n) is 11.6. The zero-order valence-corrected chi connectivity index (χ0v) is 20.8. The van der Waals surface area contributed by atoms with Crippen molar-refractivity contribution in [3.8, 4) is 22.9 Å². The number of ether oxygens (including phenoxy) is 2. The fourth-order valence-electron chi connectivity index (χ4n) is 4.39. The molecular formula is C25H31N5O3S. The molecule has 1 aliphatic carbocycles. The van der Waals surface area contributed by atoms with Crippen molar-refractivity contribution in [3.05, 3.63) is 42.7 Å². The number of aromatic nitrogens is 4. The lowest BCUT2D eigenvalue weighted by Gasteiger charge is -2.31. The molecule has 1 aliphatic rings. The Hall–Kier alpha value is -3.07. The molecule has 1 N–H and O–H groups in total. The van der Waals surface area contributed by atoms with Gasteiger partial charge in [-0.15, -0.1) is 10.2 Å². The van der Waals surface area contributed by atoms with E-state index in [1.165, 1.54) is 31.0 Å². The molecule has 0 spiro atoms. The van der Waals surface area contributed by atoms with Crippen molar-refractivity contribution in [2.45, 2.75) is 56.0 Å². The SMILES string of the molecule is COc1ccc(OC)c(NC(=O)C(C)Sc2nnc(-c3cccnc3)n2C2CCCCC2C)c1. The average molecular weight is 482 g/mol. The minimum atomic E-state index is -0.403. The van der Waals surface area contributed by atoms with Gasteiger partial charge in [0.1, 0.15) is 11.5 Å². The highest BCUT2D eigenvalue weighted by Crippen LogP contribution is 2.40. The summed E-state index contributed by atoms with van der Waals surface area (Å²) in [4.78, 5) is 17.4. The number of pyridine rings is 1. The summed E-state index contributed by atoms with van der Waals surface area (Å²) in [5, 5.41) is 12.4. The highest BCUT2D eigenvalue weighted by atomic mass is 32.2. The predicted octanol–water partition coefficient (Wildman–Crippen LogP) is 5.23. The van der Waals surface area contributed by atoms with Crippen molar-refractivity contribution in [2.24, 2.45) is 5.92 Å². The number of amides is 1. The van der Waals surface area contributed by atoms with Crippen LogP contribution in [0.25, 0.3) is 11.4 Å². The second-order valence-electron chi connectivity index (χ2n) is 8.56. The molecule has 0 aliphatic heterocycles. The summed E-state index contributed by atoms with van der Waals surface area (Å²) in [5.41, 5.74) is 1.50. The molecule has 2 heterocycles. The summed E-state index contributed by atoms with van der Waals surface area (Å²) in [5.74, 6) is 2.37. The first-order valence-corrected chi connectivity index (χ1v) is 12.4. The van der Waals surface area contributed by atoms with E-state index >= 15 is 0 Å². The quantitative estimate of drug-likeness (QED) is 0.441. The molecule has 3 aromatic rings. The van der Waals surface area contributed by atoms with Crippen molar-refractivity contribution in [2.75, 3.05) is 19.5 Å². The van der Waals surface area contributed by atoms with Crippen LogP contribution in [0.2, 0.25) is 0 Å². The van der Waals surface area contributed by atoms with E-state index in [0.29, 0.717) is 23.1 Å². The van der Waals surface area contributed by atoms with Crippen molar-refractivity contribution < 1.29 is 14.3 Å². The van der Waals surface area contributed by atoms with E-state index in [-0.39, 0.29) is 11.9 Å². The van der Waals surface area contributed by atoms with Crippen molar-refractivity contribution >= 4 is 23.4 Å². The first-order chi connectivity index (χ1) is 16.5. The molecular weight excluding hydrogens is 450 g/mol. The van der Waals surface area contributed by atoms with Gasteiger partial charge in [0.15, 0.2) is 11.0 Å². The van der Waals surface area contributed by atoms with Gasteiger partial charge in [0.05, 0.1) is 25.2 Å². The van der Waals surface area contributed by atoms with Crippen LogP contribution in [0.5, 0.6) is 11.5 Å². The summed E-state index contributed by atoms with van der Waals surface area (Å²) >= 11 is 1.42. The number of benzene rings is 1. The van der Waals surface area contributed by atoms with Crippen molar-refractivity contribution in [1.29, 1.82) is 0 Å². The van der Waals surface area contributed by atoms with Gasteiger partial charge in [0.2, 0.25) is 5.91 Å². The first kappa shape index (κ1) is 24.1. The number of carbonyl (C=O) groups is 1. The molecule has 8 nitrogen and oxygen atoms in total. The Bertz CT molecular complexity index is 1120. The Balaban J connectivity index is 1.60. The van der Waals surface area contributed by atoms with E-state index < -0.39 is 5.25 Å². The molecule has 1 fully saturated rings. The summed E-state index contributed by atoms with van der Waals surface area (Å²) in [6.07, 6.45) is 8.23. The number of methoxy groups -OCH3 is 2. The molecule has 3 atom stereocenters. The van der Waals surface area contributed by atoms with Crippen LogP contribution in [-0.4, -0.2) is 45.1 Å². The molecule has 3 unspecified atom stereocenters. The maximum absolute atomic E-state index is 13.1. The molecule has 1 amide bonds. The second-order valence-corrected chi connectivity index (χ2v) is 9.87. The molecule has 1 aromatic carbocycles. The zero-order valence-electron chi connectivity index (χ0n) is 20.0. The van der Waals surface area contributed by atoms with Crippen LogP contribution >= 0.6 is 11.8 Å². The number of nitrogens with one attached hydrogen (secondary N) is 1. The lowest BCUT2D eigenvalue weighted by atomic mass is 9.85. The fraction of sp³-hybridized carbons (Fsp3) is 0.440. The van der Waals surface area contributed by atoms with Crippen LogP contribution in [0.15, 0.2) is 47.9 Å². The van der Waals surface area contributed by atoms with Gasteiger partial charge in [-0.3, -0.25) is 14.3 Å². The van der Waals surface area contributed by atoms with E-state index in [2.05, 4.69) is 32.0 Å². The third-order valence-corrected chi connectivity index (χ3v) is 7.35. The number of nitrogens with zero attached hydrogens (tertiary/aromatic N) is 4. The molecule has 0 bridgehead atoms. The van der Waals surface area contributed by atoms with Crippen LogP contribution in [-0.2, 0) is 4.79 Å². The van der Waals surface area contributed by atoms with Crippen LogP contribution < -0.4 is 14.8 Å². The van der Waals surface area contributed by atoms with Gasteiger partial charge in [-0.05, 0) is 49.9 Å². The number of anilines is 1. The van der Waals surface area contributed by atoms with Crippen LogP contribution in [0.4, 0.5) is 5.69 Å². The van der Waals surface area contributed by atoms with Gasteiger partial charge < -0.3 is 14.8 Å². The zero-order chi connectivity index (χ0) is 24.1. The summed E-state index contributed by atoms with van der Waals surface area (Å²) in [6, 6.07) is 9.51. The number of hydrogen-bond acceptors (Lipinski definition) is 7. The normalized spacial score (nSPS) is 18.8. The van der Waals surface area contributed by atoms with E-state index in [9.17, 15) is 4.79 Å². The summed E-state index contributed by atoms with van der Waals surface area (Å²) in [6.45, 7) is 4.16. The molecule has 180 valence electrons. The minimum absolute atomic E-state index is 0.147. The van der Waals surface area contributed by atoms with E-state index in [1.54, 1.807) is 38.6 Å². The van der Waals surface area contributed by atoms with Crippen molar-refractivity contribution in [3.63, 3.8) is 0 Å². The second kappa shape index (κ2) is 10.9. The molecule has 2 aromatic heterocycles. The molecule has 1 saturated carbocycles. The monoisotopic (exact) mass is 481 g/mol. The Morgan fingerprint density at radius 2 is 2.00 bits per heavy atom. The van der Waals surface area contributed by atoms with E-state index in [4.69, 9.17) is 9.47 Å². The lowest BCUT2D eigenvalue weighted by Crippen LogP contribution is -2.25. The topological polar surface area (TPSA) is 91.2 Å². The Labute approximate surface area is 204 Å². The molecule has 34 heavy (non-hydrogen) atoms. The largest absolute Gasteiger partial charge is 0.497 e. The minimum Gasteiger partial charge on any atom is -0.497 e. The Morgan fingerprint density at radius 3 is 2.71 bits per heavy atom. The van der Waals surface area contributed by atoms with Gasteiger partial charge >= 0.3 is 0 Å². The molecule has 4 rings (SSSR count). The van der Waals surface area contributed by atoms with Crippen LogP contribution in [0.1, 0.15) is 45.6 Å². The number of carbonyl (C=O) groups excluding carboxylic acids is 1. The van der Waals surface area contributed by atoms with Gasteiger partial charge in [-0.25, -0.2) is 0 Å². The predicted molar refractivity (Wildman–Crippen MR) is 133 cm³/mol. The fourth-order valence-corrected chi connectivity index (χ4v) is 5.29. The summed E-state index contributed by atoms with van der Waals surface area (Å²) in [7, 11) is 3.16. The van der Waals surface area contributed by atoms with Gasteiger partial charge in [-0.2, -0.15) is 0 Å². The Morgan fingerprint density at radius 1 is 1.18 bits per heavy atom. The molecule has 0 radical (unpaired) electrons. The third kappa shape index (κ3) is 5.19. The van der Waals surface area contributed by atoms with E-state index in [0.717, 1.165) is 23.0 Å². The molecule has 0 saturated heterocycles. The van der Waals surface area contributed by atoms with Crippen LogP contribution in [0, 0.1) is 5.92 Å². The lowest BCUT2D eigenvalue weighted by molar-refractivity contribution is -0.115. The maximum Gasteiger partial charge on any atom is 0.237 e. The smallest absolute Gasteiger partial charge is 0.237 e. The van der Waals surface area contributed by atoms with Crippen molar-refractivity contribution in [1.82, 2.24) is 19.7 Å². The molecule has 9 heteroatoms. The van der Waals surface area contributed by atoms with Gasteiger partial charge in [0.25, 0.3) is 0 Å². The average Bonchev–Trinajstić information content (AvgIpc) is 3.27. The Kier molecular flexibility index (Phi) is 7.72. The third-order valence-electron chi connectivity index (χ3n) is 6.30. The highest BCUT2D eigenvalue weighted by molar-refractivity contribution is 8.00. The number of hydrogen-bond donors (Lipinski definition) is 1. The van der Waals surface area contributed by atoms with E-state index in [1.807, 2.05) is 25.3 Å². The maximum atomic E-state index is 13.1. The highest BCUT2D eigenvalue weighted by Gasteiger charge is 2.30.